The highest BCUT2D eigenvalue weighted by Crippen LogP contribution is 2.45. The van der Waals surface area contributed by atoms with E-state index < -0.39 is 5.97 Å². The van der Waals surface area contributed by atoms with Crippen LogP contribution in [0.25, 0.3) is 0 Å². The molecule has 1 heterocycles. The van der Waals surface area contributed by atoms with Gasteiger partial charge in [-0.15, -0.1) is 0 Å². The van der Waals surface area contributed by atoms with Gasteiger partial charge < -0.3 is 18.9 Å². The second kappa shape index (κ2) is 4.30. The van der Waals surface area contributed by atoms with Crippen LogP contribution in [0.5, 0.6) is 23.0 Å². The van der Waals surface area contributed by atoms with Gasteiger partial charge in [-0.25, -0.2) is 0 Å². The van der Waals surface area contributed by atoms with Crippen molar-refractivity contribution in [3.63, 3.8) is 0 Å². The van der Waals surface area contributed by atoms with Crippen LogP contribution in [0.2, 0.25) is 0 Å². The van der Waals surface area contributed by atoms with E-state index in [0.29, 0.717) is 36.2 Å². The lowest BCUT2D eigenvalue weighted by Gasteiger charge is -2.21. The highest BCUT2D eigenvalue weighted by Gasteiger charge is 2.21. The molecule has 0 bridgehead atoms. The molecule has 0 saturated carbocycles. The zero-order valence-electron chi connectivity index (χ0n) is 9.11. The Balaban J connectivity index is 2.43. The van der Waals surface area contributed by atoms with Gasteiger partial charge in [-0.1, -0.05) is 0 Å². The summed E-state index contributed by atoms with van der Waals surface area (Å²) in [6, 6.07) is 3.31. The minimum Gasteiger partial charge on any atom is -0.490 e. The van der Waals surface area contributed by atoms with Gasteiger partial charge >= 0.3 is 5.97 Å². The number of carbonyl (C=O) groups excluding carboxylic acids is 1. The quantitative estimate of drug-likeness (QED) is 0.561. The molecule has 0 radical (unpaired) electrons. The molecule has 1 aromatic rings. The van der Waals surface area contributed by atoms with Crippen molar-refractivity contribution in [3.8, 4) is 23.0 Å². The first kappa shape index (κ1) is 10.6. The molecule has 1 aliphatic rings. The second-order valence-corrected chi connectivity index (χ2v) is 3.21. The molecule has 0 atom stereocenters. The summed E-state index contributed by atoms with van der Waals surface area (Å²) in [5, 5.41) is 0. The summed E-state index contributed by atoms with van der Waals surface area (Å²) in [5.74, 6) is 1.38. The van der Waals surface area contributed by atoms with E-state index in [0.717, 1.165) is 0 Å². The first-order valence-corrected chi connectivity index (χ1v) is 4.87. The molecule has 1 aromatic carbocycles. The zero-order chi connectivity index (χ0) is 11.5. The van der Waals surface area contributed by atoms with E-state index in [2.05, 4.69) is 0 Å². The first-order valence-electron chi connectivity index (χ1n) is 4.87. The third-order valence-electron chi connectivity index (χ3n) is 2.09. The van der Waals surface area contributed by atoms with E-state index in [4.69, 9.17) is 18.9 Å². The molecular formula is C11H12O5. The monoisotopic (exact) mass is 224 g/mol. The molecule has 1 aliphatic heterocycles. The first-order chi connectivity index (χ1) is 7.72. The number of methoxy groups -OCH3 is 1. The highest BCUT2D eigenvalue weighted by molar-refractivity contribution is 5.72. The van der Waals surface area contributed by atoms with Crippen LogP contribution in [-0.2, 0) is 4.79 Å². The lowest BCUT2D eigenvalue weighted by atomic mass is 10.2. The van der Waals surface area contributed by atoms with Gasteiger partial charge in [0.05, 0.1) is 7.11 Å². The summed E-state index contributed by atoms with van der Waals surface area (Å²) in [7, 11) is 1.49. The van der Waals surface area contributed by atoms with Gasteiger partial charge in [-0.3, -0.25) is 4.79 Å². The lowest BCUT2D eigenvalue weighted by Crippen LogP contribution is -2.16. The number of ether oxygens (including phenoxy) is 4. The van der Waals surface area contributed by atoms with Crippen LogP contribution < -0.4 is 18.9 Å². The standard InChI is InChI=1S/C11H12O5/c1-7(12)16-9-4-3-8-11(10(9)13-2)15-6-5-14-8/h3-4H,5-6H2,1-2H3. The Bertz CT molecular complexity index is 413. The van der Waals surface area contributed by atoms with E-state index in [1.807, 2.05) is 0 Å². The predicted molar refractivity (Wildman–Crippen MR) is 55.3 cm³/mol. The molecule has 5 nitrogen and oxygen atoms in total. The van der Waals surface area contributed by atoms with Gasteiger partial charge in [0.15, 0.2) is 11.5 Å². The average molecular weight is 224 g/mol. The Hall–Kier alpha value is -1.91. The molecule has 5 heteroatoms. The number of rotatable bonds is 2. The van der Waals surface area contributed by atoms with Crippen LogP contribution >= 0.6 is 0 Å². The van der Waals surface area contributed by atoms with Crippen molar-refractivity contribution in [2.45, 2.75) is 6.92 Å². The molecule has 0 N–H and O–H groups in total. The number of carbonyl (C=O) groups is 1. The number of hydrogen-bond donors (Lipinski definition) is 0. The van der Waals surface area contributed by atoms with E-state index in [1.54, 1.807) is 12.1 Å². The molecular weight excluding hydrogens is 212 g/mol. The van der Waals surface area contributed by atoms with Crippen molar-refractivity contribution in [3.05, 3.63) is 12.1 Å². The lowest BCUT2D eigenvalue weighted by molar-refractivity contribution is -0.132. The third kappa shape index (κ3) is 1.88. The minimum atomic E-state index is -0.407. The van der Waals surface area contributed by atoms with Crippen LogP contribution in [0, 0.1) is 0 Å². The molecule has 0 spiro atoms. The molecule has 0 fully saturated rings. The predicted octanol–water partition coefficient (Wildman–Crippen LogP) is 1.39. The van der Waals surface area contributed by atoms with Gasteiger partial charge in [0.2, 0.25) is 11.5 Å². The number of esters is 1. The Morgan fingerprint density at radius 3 is 2.75 bits per heavy atom. The van der Waals surface area contributed by atoms with Gasteiger partial charge in [0.1, 0.15) is 13.2 Å². The smallest absolute Gasteiger partial charge is 0.308 e. The van der Waals surface area contributed by atoms with Gasteiger partial charge in [-0.05, 0) is 12.1 Å². The maximum absolute atomic E-state index is 10.9. The van der Waals surface area contributed by atoms with Crippen molar-refractivity contribution < 1.29 is 23.7 Å². The molecule has 86 valence electrons. The van der Waals surface area contributed by atoms with Crippen LogP contribution in [-0.4, -0.2) is 26.3 Å². The molecule has 0 aliphatic carbocycles. The summed E-state index contributed by atoms with van der Waals surface area (Å²) >= 11 is 0. The minimum absolute atomic E-state index is 0.333. The average Bonchev–Trinajstić information content (AvgIpc) is 2.28. The van der Waals surface area contributed by atoms with E-state index in [-0.39, 0.29) is 0 Å². The Morgan fingerprint density at radius 1 is 1.31 bits per heavy atom. The summed E-state index contributed by atoms with van der Waals surface area (Å²) < 4.78 is 21.0. The van der Waals surface area contributed by atoms with E-state index >= 15 is 0 Å². The Labute approximate surface area is 92.9 Å². The fraction of sp³-hybridized carbons (Fsp3) is 0.364. The number of fused-ring (bicyclic) bond motifs is 1. The van der Waals surface area contributed by atoms with Crippen LogP contribution in [0.1, 0.15) is 6.92 Å². The Morgan fingerprint density at radius 2 is 2.06 bits per heavy atom. The fourth-order valence-electron chi connectivity index (χ4n) is 1.50. The molecule has 0 saturated heterocycles. The molecule has 16 heavy (non-hydrogen) atoms. The van der Waals surface area contributed by atoms with E-state index in [9.17, 15) is 4.79 Å². The Kier molecular flexibility index (Phi) is 2.85. The maximum Gasteiger partial charge on any atom is 0.308 e. The van der Waals surface area contributed by atoms with Gasteiger partial charge in [0.25, 0.3) is 0 Å². The summed E-state index contributed by atoms with van der Waals surface area (Å²) in [5.41, 5.74) is 0. The van der Waals surface area contributed by atoms with Crippen molar-refractivity contribution >= 4 is 5.97 Å². The summed E-state index contributed by atoms with van der Waals surface area (Å²) in [6.45, 7) is 2.28. The van der Waals surface area contributed by atoms with Crippen LogP contribution in [0.15, 0.2) is 12.1 Å². The number of benzene rings is 1. The van der Waals surface area contributed by atoms with E-state index in [1.165, 1.54) is 14.0 Å². The van der Waals surface area contributed by atoms with Crippen molar-refractivity contribution in [1.29, 1.82) is 0 Å². The summed E-state index contributed by atoms with van der Waals surface area (Å²) in [4.78, 5) is 10.9. The molecule has 0 aromatic heterocycles. The topological polar surface area (TPSA) is 54.0 Å². The van der Waals surface area contributed by atoms with Crippen molar-refractivity contribution in [1.82, 2.24) is 0 Å². The highest BCUT2D eigenvalue weighted by atomic mass is 16.6. The molecule has 0 unspecified atom stereocenters. The van der Waals surface area contributed by atoms with Gasteiger partial charge in [-0.2, -0.15) is 0 Å². The van der Waals surface area contributed by atoms with Crippen LogP contribution in [0.4, 0.5) is 0 Å². The molecule has 0 amide bonds. The SMILES string of the molecule is COc1c(OC(C)=O)ccc2c1OCCO2. The van der Waals surface area contributed by atoms with Crippen molar-refractivity contribution in [2.75, 3.05) is 20.3 Å². The fourth-order valence-corrected chi connectivity index (χ4v) is 1.50. The summed E-state index contributed by atoms with van der Waals surface area (Å²) in [6.07, 6.45) is 0. The second-order valence-electron chi connectivity index (χ2n) is 3.21. The van der Waals surface area contributed by atoms with Gasteiger partial charge in [0, 0.05) is 6.92 Å². The largest absolute Gasteiger partial charge is 0.490 e. The van der Waals surface area contributed by atoms with Crippen LogP contribution in [0.3, 0.4) is 0 Å². The van der Waals surface area contributed by atoms with Crippen molar-refractivity contribution in [2.24, 2.45) is 0 Å². The zero-order valence-corrected chi connectivity index (χ0v) is 9.11. The third-order valence-corrected chi connectivity index (χ3v) is 2.09. The number of hydrogen-bond acceptors (Lipinski definition) is 5. The maximum atomic E-state index is 10.9. The molecule has 2 rings (SSSR count). The normalized spacial score (nSPS) is 13.1.